The molecule has 1 heterocycles. The smallest absolute Gasteiger partial charge is 0.246 e. The third kappa shape index (κ3) is 5.35. The first-order chi connectivity index (χ1) is 15.5. The topological polar surface area (TPSA) is 122 Å². The van der Waals surface area contributed by atoms with Crippen LogP contribution in [0.2, 0.25) is 0 Å². The highest BCUT2D eigenvalue weighted by Gasteiger charge is 2.35. The van der Waals surface area contributed by atoms with Crippen LogP contribution in [0.1, 0.15) is 18.4 Å². The summed E-state index contributed by atoms with van der Waals surface area (Å²) in [5, 5.41) is 2.72. The Bertz CT molecular complexity index is 1260. The van der Waals surface area contributed by atoms with Gasteiger partial charge in [0.05, 0.1) is 17.9 Å². The average molecular weight is 500 g/mol. The predicted octanol–water partition coefficient (Wildman–Crippen LogP) is 2.09. The number of carbonyl (C=O) groups excluding carboxylic acids is 1. The number of hydrogen-bond donors (Lipinski definition) is 2. The lowest BCUT2D eigenvalue weighted by molar-refractivity contribution is -0.120. The lowest BCUT2D eigenvalue weighted by Gasteiger charge is -2.31. The number of amides is 1. The molecule has 2 aromatic carbocycles. The van der Waals surface area contributed by atoms with E-state index in [1.54, 1.807) is 13.0 Å². The molecule has 1 aliphatic heterocycles. The van der Waals surface area contributed by atoms with Crippen LogP contribution in [0.4, 0.5) is 10.1 Å². The summed E-state index contributed by atoms with van der Waals surface area (Å²) in [5.41, 5.74) is 0.978. The number of methoxy groups -OCH3 is 1. The first-order valence-corrected chi connectivity index (χ1v) is 13.1. The minimum atomic E-state index is -4.10. The van der Waals surface area contributed by atoms with Crippen molar-refractivity contribution in [3.05, 3.63) is 47.8 Å². The predicted molar refractivity (Wildman–Crippen MR) is 120 cm³/mol. The average Bonchev–Trinajstić information content (AvgIpc) is 2.80. The Balaban J connectivity index is 1.82. The maximum Gasteiger partial charge on any atom is 0.246 e. The number of carbonyl (C=O) groups is 1. The summed E-state index contributed by atoms with van der Waals surface area (Å²) in [4.78, 5) is 12.7. The third-order valence-corrected chi connectivity index (χ3v) is 8.84. The summed E-state index contributed by atoms with van der Waals surface area (Å²) in [5.74, 6) is -1.80. The van der Waals surface area contributed by atoms with Crippen LogP contribution in [0.5, 0.6) is 5.75 Å². The fourth-order valence-electron chi connectivity index (χ4n) is 3.62. The van der Waals surface area contributed by atoms with Crippen LogP contribution in [0.15, 0.2) is 46.2 Å². The first-order valence-electron chi connectivity index (χ1n) is 10.2. The number of ether oxygens (including phenoxy) is 1. The molecule has 0 unspecified atom stereocenters. The van der Waals surface area contributed by atoms with Crippen molar-refractivity contribution in [3.63, 3.8) is 0 Å². The van der Waals surface area contributed by atoms with Crippen molar-refractivity contribution in [2.24, 2.45) is 5.92 Å². The van der Waals surface area contributed by atoms with Crippen molar-refractivity contribution in [3.8, 4) is 5.75 Å². The fraction of sp³-hybridized carbons (Fsp3) is 0.381. The molecule has 1 amide bonds. The van der Waals surface area contributed by atoms with Crippen LogP contribution in [-0.4, -0.2) is 54.3 Å². The van der Waals surface area contributed by atoms with Crippen molar-refractivity contribution in [2.75, 3.05) is 32.6 Å². The molecule has 0 aromatic heterocycles. The van der Waals surface area contributed by atoms with E-state index in [1.165, 1.54) is 32.4 Å². The second-order valence-electron chi connectivity index (χ2n) is 7.67. The molecular formula is C21H26FN3O6S2. The summed E-state index contributed by atoms with van der Waals surface area (Å²) < 4.78 is 72.7. The molecule has 33 heavy (non-hydrogen) atoms. The quantitative estimate of drug-likeness (QED) is 0.602. The Kier molecular flexibility index (Phi) is 7.42. The van der Waals surface area contributed by atoms with E-state index < -0.39 is 37.7 Å². The number of sulfonamides is 2. The van der Waals surface area contributed by atoms with Gasteiger partial charge in [0.2, 0.25) is 26.0 Å². The van der Waals surface area contributed by atoms with Crippen molar-refractivity contribution < 1.29 is 30.8 Å². The van der Waals surface area contributed by atoms with Gasteiger partial charge < -0.3 is 10.1 Å². The van der Waals surface area contributed by atoms with Crippen LogP contribution < -0.4 is 14.8 Å². The first kappa shape index (κ1) is 25.1. The molecule has 0 radical (unpaired) electrons. The molecule has 180 valence electrons. The number of piperidine rings is 1. The van der Waals surface area contributed by atoms with Crippen molar-refractivity contribution in [1.82, 2.24) is 9.03 Å². The molecular weight excluding hydrogens is 473 g/mol. The zero-order chi connectivity index (χ0) is 24.4. The number of nitrogens with one attached hydrogen (secondary N) is 2. The lowest BCUT2D eigenvalue weighted by Crippen LogP contribution is -2.43. The van der Waals surface area contributed by atoms with Crippen molar-refractivity contribution >= 4 is 31.6 Å². The van der Waals surface area contributed by atoms with Crippen LogP contribution in [-0.2, 0) is 24.8 Å². The van der Waals surface area contributed by atoms with Gasteiger partial charge in [-0.3, -0.25) is 4.79 Å². The zero-order valence-corrected chi connectivity index (χ0v) is 20.1. The zero-order valence-electron chi connectivity index (χ0n) is 18.5. The normalized spacial score (nSPS) is 17.5. The van der Waals surface area contributed by atoms with Crippen molar-refractivity contribution in [2.45, 2.75) is 29.6 Å². The van der Waals surface area contributed by atoms with Gasteiger partial charge in [0.15, 0.2) is 0 Å². The molecule has 2 N–H and O–H groups in total. The minimum Gasteiger partial charge on any atom is -0.495 e. The summed E-state index contributed by atoms with van der Waals surface area (Å²) in [6, 6.07) is 7.61. The van der Waals surface area contributed by atoms with Gasteiger partial charge in [-0.15, -0.1) is 0 Å². The SMILES string of the molecule is CNS(=O)(=O)c1ccc(C)c(NC(=O)[C@@H]2CCCN(S(=O)(=O)c3cc(F)ccc3OC)C2)c1. The second-order valence-corrected chi connectivity index (χ2v) is 11.5. The molecule has 0 aliphatic carbocycles. The standard InChI is InChI=1S/C21H26FN3O6S2/c1-14-6-8-17(32(27,28)23-2)12-18(14)24-21(26)15-5-4-10-25(13-15)33(29,30)20-11-16(22)7-9-19(20)31-3/h6-9,11-12,15,23H,4-5,10,13H2,1-3H3,(H,24,26)/t15-/m1/s1. The van der Waals surface area contributed by atoms with Crippen LogP contribution >= 0.6 is 0 Å². The van der Waals surface area contributed by atoms with Gasteiger partial charge >= 0.3 is 0 Å². The molecule has 0 spiro atoms. The van der Waals surface area contributed by atoms with Gasteiger partial charge in [0.25, 0.3) is 0 Å². The molecule has 1 fully saturated rings. The Morgan fingerprint density at radius 3 is 2.55 bits per heavy atom. The maximum absolute atomic E-state index is 13.8. The Hall–Kier alpha value is -2.54. The van der Waals surface area contributed by atoms with Gasteiger partial charge in [-0.05, 0) is 62.7 Å². The van der Waals surface area contributed by atoms with Gasteiger partial charge in [-0.25, -0.2) is 25.9 Å². The van der Waals surface area contributed by atoms with E-state index in [-0.39, 0.29) is 28.6 Å². The van der Waals surface area contributed by atoms with Gasteiger partial charge in [0.1, 0.15) is 16.5 Å². The van der Waals surface area contributed by atoms with E-state index in [1.807, 2.05) is 0 Å². The molecule has 1 saturated heterocycles. The lowest BCUT2D eigenvalue weighted by atomic mass is 9.98. The molecule has 0 saturated carbocycles. The summed E-state index contributed by atoms with van der Waals surface area (Å²) in [6.45, 7) is 1.81. The Labute approximate surface area is 193 Å². The number of aryl methyl sites for hydroxylation is 1. The monoisotopic (exact) mass is 499 g/mol. The van der Waals surface area contributed by atoms with E-state index in [4.69, 9.17) is 4.74 Å². The largest absolute Gasteiger partial charge is 0.495 e. The van der Waals surface area contributed by atoms with Gasteiger partial charge in [0, 0.05) is 18.8 Å². The highest BCUT2D eigenvalue weighted by Crippen LogP contribution is 2.31. The molecule has 3 rings (SSSR count). The summed E-state index contributed by atoms with van der Waals surface area (Å²) in [7, 11) is -5.22. The molecule has 0 bridgehead atoms. The minimum absolute atomic E-state index is 0.00283. The van der Waals surface area contributed by atoms with E-state index in [0.29, 0.717) is 24.1 Å². The molecule has 2 aromatic rings. The van der Waals surface area contributed by atoms with Gasteiger partial charge in [-0.1, -0.05) is 6.07 Å². The molecule has 12 heteroatoms. The number of benzene rings is 2. The molecule has 9 nitrogen and oxygen atoms in total. The van der Waals surface area contributed by atoms with Gasteiger partial charge in [-0.2, -0.15) is 4.31 Å². The second kappa shape index (κ2) is 9.75. The van der Waals surface area contributed by atoms with E-state index in [0.717, 1.165) is 16.4 Å². The molecule has 1 atom stereocenters. The number of hydrogen-bond acceptors (Lipinski definition) is 6. The maximum atomic E-state index is 13.8. The Morgan fingerprint density at radius 1 is 1.15 bits per heavy atom. The van der Waals surface area contributed by atoms with Crippen LogP contribution in [0, 0.1) is 18.7 Å². The highest BCUT2D eigenvalue weighted by molar-refractivity contribution is 7.89. The fourth-order valence-corrected chi connectivity index (χ4v) is 6.07. The van der Waals surface area contributed by atoms with E-state index >= 15 is 0 Å². The third-order valence-electron chi connectivity index (χ3n) is 5.54. The Morgan fingerprint density at radius 2 is 1.88 bits per heavy atom. The molecule has 1 aliphatic rings. The van der Waals surface area contributed by atoms with E-state index in [9.17, 15) is 26.0 Å². The highest BCUT2D eigenvalue weighted by atomic mass is 32.2. The summed E-state index contributed by atoms with van der Waals surface area (Å²) in [6.07, 6.45) is 0.883. The van der Waals surface area contributed by atoms with E-state index in [2.05, 4.69) is 10.0 Å². The number of anilines is 1. The van der Waals surface area contributed by atoms with Crippen LogP contribution in [0.25, 0.3) is 0 Å². The number of halogens is 1. The van der Waals surface area contributed by atoms with Crippen LogP contribution in [0.3, 0.4) is 0 Å². The number of nitrogens with zero attached hydrogens (tertiary/aromatic N) is 1. The number of rotatable bonds is 7. The summed E-state index contributed by atoms with van der Waals surface area (Å²) >= 11 is 0. The van der Waals surface area contributed by atoms with Crippen molar-refractivity contribution in [1.29, 1.82) is 0 Å².